The van der Waals surface area contributed by atoms with E-state index < -0.39 is 0 Å². The average molecular weight is 250 g/mol. The minimum Gasteiger partial charge on any atom is -0.378 e. The van der Waals surface area contributed by atoms with Crippen molar-refractivity contribution in [1.29, 1.82) is 0 Å². The molecule has 0 saturated heterocycles. The van der Waals surface area contributed by atoms with E-state index in [0.717, 1.165) is 39.0 Å². The summed E-state index contributed by atoms with van der Waals surface area (Å²) in [5, 5.41) is 7.16. The maximum Gasteiger partial charge on any atom is 0.0925 e. The van der Waals surface area contributed by atoms with Crippen molar-refractivity contribution in [2.24, 2.45) is 0 Å². The number of aromatic nitrogens is 2. The molecule has 1 aliphatic heterocycles. The lowest BCUT2D eigenvalue weighted by atomic mass is 9.89. The molecule has 2 aliphatic rings. The summed E-state index contributed by atoms with van der Waals surface area (Å²) in [4.78, 5) is 7.54. The van der Waals surface area contributed by atoms with E-state index in [4.69, 9.17) is 4.74 Å². The Bertz CT molecular complexity index is 386. The van der Waals surface area contributed by atoms with Crippen molar-refractivity contribution in [3.05, 3.63) is 17.7 Å². The van der Waals surface area contributed by atoms with Crippen LogP contribution in [0.1, 0.15) is 31.2 Å². The van der Waals surface area contributed by atoms with Gasteiger partial charge >= 0.3 is 0 Å². The molecule has 1 aliphatic carbocycles. The number of ether oxygens (including phenoxy) is 1. The standard InChI is InChI=1S/C13H22N4O/c1-2-18-11-3-9(4-11)14-6-10-5-12-13(7-15-10)17-8-16-12/h8-11,14-15H,2-7H2,1H3,(H,16,17). The zero-order chi connectivity index (χ0) is 12.4. The summed E-state index contributed by atoms with van der Waals surface area (Å²) in [5.41, 5.74) is 2.47. The third-order valence-corrected chi connectivity index (χ3v) is 3.96. The van der Waals surface area contributed by atoms with Crippen LogP contribution in [0.3, 0.4) is 0 Å². The Hall–Kier alpha value is -0.910. The fraction of sp³-hybridized carbons (Fsp3) is 0.769. The van der Waals surface area contributed by atoms with Crippen LogP contribution < -0.4 is 10.6 Å². The van der Waals surface area contributed by atoms with Crippen LogP contribution in [0.4, 0.5) is 0 Å². The Balaban J connectivity index is 1.38. The molecule has 18 heavy (non-hydrogen) atoms. The third-order valence-electron chi connectivity index (χ3n) is 3.96. The van der Waals surface area contributed by atoms with E-state index in [1.165, 1.54) is 11.4 Å². The van der Waals surface area contributed by atoms with E-state index in [1.807, 2.05) is 0 Å². The van der Waals surface area contributed by atoms with Gasteiger partial charge in [0, 0.05) is 38.2 Å². The van der Waals surface area contributed by atoms with Gasteiger partial charge in [0.1, 0.15) is 0 Å². The van der Waals surface area contributed by atoms with Gasteiger partial charge in [0.2, 0.25) is 0 Å². The van der Waals surface area contributed by atoms with Crippen LogP contribution in [0.15, 0.2) is 6.33 Å². The van der Waals surface area contributed by atoms with Crippen molar-refractivity contribution in [3.8, 4) is 0 Å². The molecule has 1 aromatic heterocycles. The molecule has 3 rings (SSSR count). The zero-order valence-electron chi connectivity index (χ0n) is 10.9. The normalized spacial score (nSPS) is 30.8. The number of fused-ring (bicyclic) bond motifs is 1. The van der Waals surface area contributed by atoms with Crippen LogP contribution in [-0.4, -0.2) is 41.3 Å². The van der Waals surface area contributed by atoms with Gasteiger partial charge in [-0.15, -0.1) is 0 Å². The molecule has 3 N–H and O–H groups in total. The van der Waals surface area contributed by atoms with Gasteiger partial charge in [-0.05, 0) is 19.8 Å². The number of nitrogens with one attached hydrogen (secondary N) is 3. The van der Waals surface area contributed by atoms with Gasteiger partial charge in [-0.3, -0.25) is 0 Å². The van der Waals surface area contributed by atoms with Gasteiger partial charge in [0.05, 0.1) is 23.8 Å². The summed E-state index contributed by atoms with van der Waals surface area (Å²) >= 11 is 0. The smallest absolute Gasteiger partial charge is 0.0925 e. The molecule has 0 aromatic carbocycles. The lowest BCUT2D eigenvalue weighted by Crippen LogP contribution is -2.51. The highest BCUT2D eigenvalue weighted by atomic mass is 16.5. The SMILES string of the molecule is CCOC1CC(NCC2Cc3nc[nH]c3CN2)C1. The first-order valence-electron chi connectivity index (χ1n) is 6.94. The molecule has 1 unspecified atom stereocenters. The average Bonchev–Trinajstić information content (AvgIpc) is 2.79. The summed E-state index contributed by atoms with van der Waals surface area (Å²) in [6, 6.07) is 1.15. The predicted octanol–water partition coefficient (Wildman–Crippen LogP) is 0.581. The Morgan fingerprint density at radius 1 is 1.50 bits per heavy atom. The van der Waals surface area contributed by atoms with E-state index in [0.29, 0.717) is 18.2 Å². The minimum atomic E-state index is 0.491. The third kappa shape index (κ3) is 2.58. The van der Waals surface area contributed by atoms with E-state index >= 15 is 0 Å². The molecule has 1 aromatic rings. The van der Waals surface area contributed by atoms with Crippen molar-refractivity contribution in [2.45, 2.75) is 50.9 Å². The van der Waals surface area contributed by atoms with Crippen molar-refractivity contribution < 1.29 is 4.74 Å². The van der Waals surface area contributed by atoms with Crippen LogP contribution in [0.25, 0.3) is 0 Å². The second-order valence-corrected chi connectivity index (χ2v) is 5.26. The number of nitrogens with zero attached hydrogens (tertiary/aromatic N) is 1. The fourth-order valence-corrected chi connectivity index (χ4v) is 2.79. The Morgan fingerprint density at radius 2 is 2.39 bits per heavy atom. The summed E-state index contributed by atoms with van der Waals surface area (Å²) in [7, 11) is 0. The fourth-order valence-electron chi connectivity index (χ4n) is 2.79. The lowest BCUT2D eigenvalue weighted by Gasteiger charge is -2.37. The molecular weight excluding hydrogens is 228 g/mol. The van der Waals surface area contributed by atoms with Crippen molar-refractivity contribution >= 4 is 0 Å². The van der Waals surface area contributed by atoms with Gasteiger partial charge < -0.3 is 20.4 Å². The topological polar surface area (TPSA) is 62.0 Å². The maximum atomic E-state index is 5.57. The molecule has 1 saturated carbocycles. The van der Waals surface area contributed by atoms with E-state index in [-0.39, 0.29) is 0 Å². The van der Waals surface area contributed by atoms with Crippen LogP contribution >= 0.6 is 0 Å². The molecular formula is C13H22N4O. The summed E-state index contributed by atoms with van der Waals surface area (Å²) in [5.74, 6) is 0. The molecule has 0 bridgehead atoms. The molecule has 100 valence electrons. The first-order chi connectivity index (χ1) is 8.85. The van der Waals surface area contributed by atoms with Gasteiger partial charge in [-0.1, -0.05) is 0 Å². The predicted molar refractivity (Wildman–Crippen MR) is 69.4 cm³/mol. The van der Waals surface area contributed by atoms with Gasteiger partial charge in [0.25, 0.3) is 0 Å². The number of H-pyrrole nitrogens is 1. The minimum absolute atomic E-state index is 0.491. The largest absolute Gasteiger partial charge is 0.378 e. The Kier molecular flexibility index (Phi) is 3.63. The maximum absolute atomic E-state index is 5.57. The van der Waals surface area contributed by atoms with Gasteiger partial charge in [0.15, 0.2) is 0 Å². The molecule has 5 heteroatoms. The van der Waals surface area contributed by atoms with E-state index in [9.17, 15) is 0 Å². The summed E-state index contributed by atoms with van der Waals surface area (Å²) in [6.45, 7) is 4.83. The van der Waals surface area contributed by atoms with Gasteiger partial charge in [-0.25, -0.2) is 4.98 Å². The number of hydrogen-bond donors (Lipinski definition) is 3. The van der Waals surface area contributed by atoms with Gasteiger partial charge in [-0.2, -0.15) is 0 Å². The van der Waals surface area contributed by atoms with Crippen molar-refractivity contribution in [2.75, 3.05) is 13.2 Å². The summed E-state index contributed by atoms with van der Waals surface area (Å²) < 4.78 is 5.57. The van der Waals surface area contributed by atoms with Crippen LogP contribution in [0.5, 0.6) is 0 Å². The first-order valence-corrected chi connectivity index (χ1v) is 6.94. The molecule has 0 radical (unpaired) electrons. The molecule has 0 amide bonds. The zero-order valence-corrected chi connectivity index (χ0v) is 10.9. The molecule has 1 atom stereocenters. The second-order valence-electron chi connectivity index (χ2n) is 5.26. The Labute approximate surface area is 108 Å². The molecule has 2 heterocycles. The molecule has 0 spiro atoms. The number of rotatable bonds is 5. The van der Waals surface area contributed by atoms with E-state index in [2.05, 4.69) is 27.5 Å². The second kappa shape index (κ2) is 5.38. The number of imidazole rings is 1. The Morgan fingerprint density at radius 3 is 3.22 bits per heavy atom. The number of hydrogen-bond acceptors (Lipinski definition) is 4. The quantitative estimate of drug-likeness (QED) is 0.715. The van der Waals surface area contributed by atoms with Crippen LogP contribution in [0.2, 0.25) is 0 Å². The lowest BCUT2D eigenvalue weighted by molar-refractivity contribution is -0.0102. The van der Waals surface area contributed by atoms with Crippen molar-refractivity contribution in [3.63, 3.8) is 0 Å². The van der Waals surface area contributed by atoms with E-state index in [1.54, 1.807) is 6.33 Å². The highest BCUT2D eigenvalue weighted by Crippen LogP contribution is 2.23. The summed E-state index contributed by atoms with van der Waals surface area (Å²) in [6.07, 6.45) is 5.63. The molecule has 1 fully saturated rings. The monoisotopic (exact) mass is 250 g/mol. The number of aromatic amines is 1. The highest BCUT2D eigenvalue weighted by Gasteiger charge is 2.30. The van der Waals surface area contributed by atoms with Crippen molar-refractivity contribution in [1.82, 2.24) is 20.6 Å². The first kappa shape index (κ1) is 12.1. The molecule has 5 nitrogen and oxygen atoms in total. The van der Waals surface area contributed by atoms with Crippen LogP contribution in [0, 0.1) is 0 Å². The highest BCUT2D eigenvalue weighted by molar-refractivity contribution is 5.16. The van der Waals surface area contributed by atoms with Crippen LogP contribution in [-0.2, 0) is 17.7 Å².